The van der Waals surface area contributed by atoms with Gasteiger partial charge in [0, 0.05) is 24.8 Å². The van der Waals surface area contributed by atoms with Crippen molar-refractivity contribution in [3.63, 3.8) is 0 Å². The van der Waals surface area contributed by atoms with Crippen LogP contribution in [0.4, 0.5) is 0 Å². The maximum Gasteiger partial charge on any atom is 0.282 e. The van der Waals surface area contributed by atoms with E-state index in [1.165, 1.54) is 19.3 Å². The Balaban J connectivity index is 2.59. The Morgan fingerprint density at radius 2 is 1.83 bits per heavy atom. The molecule has 24 heavy (non-hydrogen) atoms. The van der Waals surface area contributed by atoms with Gasteiger partial charge in [0.2, 0.25) is 0 Å². The molecule has 1 aliphatic rings. The Kier molecular flexibility index (Phi) is 5.87. The van der Waals surface area contributed by atoms with Crippen LogP contribution in [0.3, 0.4) is 0 Å². The van der Waals surface area contributed by atoms with Crippen LogP contribution in [-0.4, -0.2) is 44.3 Å². The molecule has 1 amide bonds. The first kappa shape index (κ1) is 18.7. The van der Waals surface area contributed by atoms with Crippen LogP contribution in [0.15, 0.2) is 24.0 Å². The van der Waals surface area contributed by atoms with Gasteiger partial charge in [-0.05, 0) is 32.4 Å². The molecule has 0 N–H and O–H groups in total. The molecular formula is C17H22ClNO5. The largest absolute Gasteiger partial charge is 0.468 e. The molecule has 0 atom stereocenters. The first-order chi connectivity index (χ1) is 11.4. The fraction of sp³-hybridized carbons (Fsp3) is 0.471. The first-order valence-electron chi connectivity index (χ1n) is 7.44. The predicted octanol–water partition coefficient (Wildman–Crippen LogP) is 3.14. The third-order valence-corrected chi connectivity index (χ3v) is 4.10. The van der Waals surface area contributed by atoms with Gasteiger partial charge in [-0.1, -0.05) is 23.7 Å². The molecule has 0 unspecified atom stereocenters. The monoisotopic (exact) mass is 355 g/mol. The molecule has 1 aliphatic heterocycles. The first-order valence-corrected chi connectivity index (χ1v) is 7.82. The number of hydrogen-bond donors (Lipinski definition) is 0. The van der Waals surface area contributed by atoms with Gasteiger partial charge < -0.3 is 14.2 Å². The van der Waals surface area contributed by atoms with E-state index in [0.29, 0.717) is 21.9 Å². The zero-order valence-electron chi connectivity index (χ0n) is 14.5. The third kappa shape index (κ3) is 3.28. The lowest BCUT2D eigenvalue weighted by molar-refractivity contribution is -0.240. The smallest absolute Gasteiger partial charge is 0.282 e. The molecule has 0 bridgehead atoms. The molecule has 1 aromatic rings. The lowest BCUT2D eigenvalue weighted by atomic mass is 9.96. The van der Waals surface area contributed by atoms with Gasteiger partial charge in [-0.3, -0.25) is 4.79 Å². The van der Waals surface area contributed by atoms with Crippen molar-refractivity contribution in [2.75, 3.05) is 27.8 Å². The van der Waals surface area contributed by atoms with Crippen molar-refractivity contribution in [2.24, 2.45) is 0 Å². The van der Waals surface area contributed by atoms with Crippen molar-refractivity contribution in [1.82, 2.24) is 5.06 Å². The summed E-state index contributed by atoms with van der Waals surface area (Å²) in [5.41, 5.74) is 1.03. The fourth-order valence-electron chi connectivity index (χ4n) is 2.71. The molecule has 0 saturated heterocycles. The van der Waals surface area contributed by atoms with Crippen molar-refractivity contribution in [1.29, 1.82) is 0 Å². The number of methoxy groups -OCH3 is 2. The number of hydroxylamine groups is 2. The zero-order valence-corrected chi connectivity index (χ0v) is 15.3. The highest BCUT2D eigenvalue weighted by atomic mass is 35.5. The molecule has 132 valence electrons. The van der Waals surface area contributed by atoms with E-state index in [4.69, 9.17) is 30.6 Å². The molecule has 6 nitrogen and oxygen atoms in total. The van der Waals surface area contributed by atoms with E-state index in [0.717, 1.165) is 5.56 Å². The van der Waals surface area contributed by atoms with Gasteiger partial charge in [0.15, 0.2) is 13.6 Å². The highest BCUT2D eigenvalue weighted by Crippen LogP contribution is 2.43. The number of benzene rings is 1. The van der Waals surface area contributed by atoms with Gasteiger partial charge in [0.1, 0.15) is 11.3 Å². The molecule has 0 aromatic heterocycles. The van der Waals surface area contributed by atoms with Gasteiger partial charge >= 0.3 is 0 Å². The molecule has 1 aromatic carbocycles. The molecule has 2 rings (SSSR count). The van der Waals surface area contributed by atoms with Crippen LogP contribution < -0.4 is 0 Å². The van der Waals surface area contributed by atoms with Gasteiger partial charge in [-0.25, -0.2) is 9.90 Å². The van der Waals surface area contributed by atoms with Crippen LogP contribution in [0.1, 0.15) is 25.0 Å². The van der Waals surface area contributed by atoms with Gasteiger partial charge in [-0.2, -0.15) is 0 Å². The predicted molar refractivity (Wildman–Crippen MR) is 90.0 cm³/mol. The summed E-state index contributed by atoms with van der Waals surface area (Å²) in [5.74, 6) is 0.112. The third-order valence-electron chi connectivity index (χ3n) is 3.78. The summed E-state index contributed by atoms with van der Waals surface area (Å²) in [7, 11) is 3.01. The summed E-state index contributed by atoms with van der Waals surface area (Å²) < 4.78 is 15.7. The van der Waals surface area contributed by atoms with E-state index in [9.17, 15) is 4.79 Å². The Bertz CT molecular complexity index is 636. The van der Waals surface area contributed by atoms with E-state index in [2.05, 4.69) is 0 Å². The molecule has 0 aliphatic carbocycles. The van der Waals surface area contributed by atoms with Crippen molar-refractivity contribution < 1.29 is 23.8 Å². The number of carbonyl (C=O) groups excluding carboxylic acids is 1. The minimum atomic E-state index is -0.838. The Morgan fingerprint density at radius 3 is 2.42 bits per heavy atom. The fourth-order valence-corrected chi connectivity index (χ4v) is 3.03. The van der Waals surface area contributed by atoms with Gasteiger partial charge in [-0.15, -0.1) is 0 Å². The summed E-state index contributed by atoms with van der Waals surface area (Å²) in [6.07, 6.45) is 0. The molecule has 1 heterocycles. The molecule has 0 radical (unpaired) electrons. The quantitative estimate of drug-likeness (QED) is 0.703. The lowest BCUT2D eigenvalue weighted by Gasteiger charge is -2.31. The van der Waals surface area contributed by atoms with Crippen LogP contribution in [0.5, 0.6) is 0 Å². The number of aryl methyl sites for hydroxylation is 1. The summed E-state index contributed by atoms with van der Waals surface area (Å²) in [6, 6.07) is 5.46. The maximum atomic E-state index is 13.0. The normalized spacial score (nSPS) is 16.9. The second-order valence-corrected chi connectivity index (χ2v) is 6.29. The van der Waals surface area contributed by atoms with E-state index in [1.54, 1.807) is 6.07 Å². The second kappa shape index (κ2) is 7.53. The van der Waals surface area contributed by atoms with Crippen LogP contribution in [0.2, 0.25) is 5.02 Å². The number of amides is 1. The second-order valence-electron chi connectivity index (χ2n) is 5.88. The van der Waals surface area contributed by atoms with Crippen molar-refractivity contribution in [3.05, 3.63) is 40.1 Å². The van der Waals surface area contributed by atoms with Crippen LogP contribution in [0, 0.1) is 6.92 Å². The number of rotatable bonds is 7. The number of nitrogens with zero attached hydrogens (tertiary/aromatic N) is 1. The van der Waals surface area contributed by atoms with Crippen molar-refractivity contribution in [3.8, 4) is 0 Å². The van der Waals surface area contributed by atoms with Gasteiger partial charge in [0.05, 0.1) is 5.57 Å². The number of carbonyl (C=O) groups is 1. The standard InChI is InChI=1S/C17H22ClNO5/c1-11-7-6-8-12(18)13(11)14-15(23-9-21-4)17(2,3)19(16(14)20)24-10-22-5/h6-8H,9-10H2,1-5H3. The summed E-state index contributed by atoms with van der Waals surface area (Å²) >= 11 is 6.36. The maximum absolute atomic E-state index is 13.0. The van der Waals surface area contributed by atoms with Crippen LogP contribution in [-0.2, 0) is 23.8 Å². The Hall–Kier alpha value is -1.60. The average molecular weight is 356 g/mol. The highest BCUT2D eigenvalue weighted by molar-refractivity contribution is 6.35. The molecule has 7 heteroatoms. The zero-order chi connectivity index (χ0) is 17.9. The lowest BCUT2D eigenvalue weighted by Crippen LogP contribution is -2.44. The average Bonchev–Trinajstić information content (AvgIpc) is 2.70. The number of ether oxygens (including phenoxy) is 3. The van der Waals surface area contributed by atoms with Crippen molar-refractivity contribution >= 4 is 23.1 Å². The molecule has 0 saturated carbocycles. The van der Waals surface area contributed by atoms with Gasteiger partial charge in [0.25, 0.3) is 5.91 Å². The number of halogens is 1. The molecule has 0 fully saturated rings. The summed E-state index contributed by atoms with van der Waals surface area (Å²) in [5, 5.41) is 1.72. The highest BCUT2D eigenvalue weighted by Gasteiger charge is 2.49. The molecule has 0 spiro atoms. The van der Waals surface area contributed by atoms with Crippen molar-refractivity contribution in [2.45, 2.75) is 26.3 Å². The number of hydrogen-bond acceptors (Lipinski definition) is 5. The van der Waals surface area contributed by atoms with Crippen LogP contribution in [0.25, 0.3) is 5.57 Å². The SMILES string of the molecule is COCOC1=C(c2c(C)cccc2Cl)C(=O)N(OCOC)C1(C)C. The Labute approximate surface area is 146 Å². The van der Waals surface area contributed by atoms with E-state index < -0.39 is 5.54 Å². The minimum Gasteiger partial charge on any atom is -0.468 e. The Morgan fingerprint density at radius 1 is 1.17 bits per heavy atom. The van der Waals surface area contributed by atoms with E-state index >= 15 is 0 Å². The van der Waals surface area contributed by atoms with E-state index in [1.807, 2.05) is 32.9 Å². The minimum absolute atomic E-state index is 0.0111. The summed E-state index contributed by atoms with van der Waals surface area (Å²) in [4.78, 5) is 18.5. The summed E-state index contributed by atoms with van der Waals surface area (Å²) in [6.45, 7) is 5.50. The van der Waals surface area contributed by atoms with E-state index in [-0.39, 0.29) is 19.5 Å². The molecular weight excluding hydrogens is 334 g/mol. The topological polar surface area (TPSA) is 57.2 Å². The van der Waals surface area contributed by atoms with Crippen LogP contribution >= 0.6 is 11.6 Å².